The van der Waals surface area contributed by atoms with Crippen LogP contribution < -0.4 is 4.90 Å². The first-order chi connectivity index (χ1) is 13.1. The summed E-state index contributed by atoms with van der Waals surface area (Å²) in [7, 11) is 0. The third-order valence-corrected chi connectivity index (χ3v) is 5.18. The van der Waals surface area contributed by atoms with E-state index in [1.807, 2.05) is 54.4 Å². The number of aryl methyl sites for hydroxylation is 1. The summed E-state index contributed by atoms with van der Waals surface area (Å²) in [6.07, 6.45) is 3.59. The van der Waals surface area contributed by atoms with Crippen LogP contribution in [-0.2, 0) is 0 Å². The number of halogens is 1. The minimum absolute atomic E-state index is 0.0873. The predicted molar refractivity (Wildman–Crippen MR) is 111 cm³/mol. The normalized spacial score (nSPS) is 14.4. The van der Waals surface area contributed by atoms with Gasteiger partial charge in [-0.3, -0.25) is 4.79 Å². The highest BCUT2D eigenvalue weighted by atomic mass is 127. The van der Waals surface area contributed by atoms with Gasteiger partial charge in [-0.1, -0.05) is 6.07 Å². The van der Waals surface area contributed by atoms with Gasteiger partial charge in [-0.2, -0.15) is 5.10 Å². The third kappa shape index (κ3) is 3.95. The zero-order chi connectivity index (χ0) is 18.8. The zero-order valence-electron chi connectivity index (χ0n) is 14.9. The predicted octanol–water partition coefficient (Wildman–Crippen LogP) is 2.54. The van der Waals surface area contributed by atoms with Gasteiger partial charge in [-0.05, 0) is 53.8 Å². The average Bonchev–Trinajstić information content (AvgIpc) is 3.22. The summed E-state index contributed by atoms with van der Waals surface area (Å²) < 4.78 is 2.80. The molecule has 27 heavy (non-hydrogen) atoms. The highest BCUT2D eigenvalue weighted by molar-refractivity contribution is 14.1. The molecule has 1 saturated heterocycles. The molecule has 3 aromatic rings. The van der Waals surface area contributed by atoms with Gasteiger partial charge < -0.3 is 9.80 Å². The second-order valence-corrected chi connectivity index (χ2v) is 7.62. The molecule has 0 aliphatic carbocycles. The standard InChI is InChI=1S/C19H19IN6O/c1-14-22-17(13-18(23-14)26-7-3-6-21-26)24-8-10-25(11-9-24)19(27)15-4-2-5-16(20)12-15/h2-7,12-13H,8-11H2,1H3. The topological polar surface area (TPSA) is 67.2 Å². The van der Waals surface area contributed by atoms with Crippen LogP contribution in [0.2, 0.25) is 0 Å². The van der Waals surface area contributed by atoms with Gasteiger partial charge in [0, 0.05) is 53.8 Å². The SMILES string of the molecule is Cc1nc(N2CCN(C(=O)c3cccc(I)c3)CC2)cc(-n2cccn2)n1. The summed E-state index contributed by atoms with van der Waals surface area (Å²) in [5.41, 5.74) is 0.745. The first kappa shape index (κ1) is 17.9. The Morgan fingerprint density at radius 2 is 1.81 bits per heavy atom. The molecule has 0 N–H and O–H groups in total. The summed E-state index contributed by atoms with van der Waals surface area (Å²) in [6.45, 7) is 4.71. The van der Waals surface area contributed by atoms with Gasteiger partial charge in [-0.15, -0.1) is 0 Å². The Hall–Kier alpha value is -2.49. The van der Waals surface area contributed by atoms with Gasteiger partial charge in [0.25, 0.3) is 5.91 Å². The molecule has 1 aromatic carbocycles. The number of anilines is 1. The fraction of sp³-hybridized carbons (Fsp3) is 0.263. The van der Waals surface area contributed by atoms with Crippen LogP contribution in [0.5, 0.6) is 0 Å². The van der Waals surface area contributed by atoms with Gasteiger partial charge in [0.1, 0.15) is 11.6 Å². The number of hydrogen-bond acceptors (Lipinski definition) is 5. The maximum atomic E-state index is 12.7. The minimum Gasteiger partial charge on any atom is -0.353 e. The van der Waals surface area contributed by atoms with E-state index in [0.717, 1.165) is 33.9 Å². The van der Waals surface area contributed by atoms with E-state index in [4.69, 9.17) is 0 Å². The monoisotopic (exact) mass is 474 g/mol. The van der Waals surface area contributed by atoms with E-state index in [-0.39, 0.29) is 5.91 Å². The first-order valence-electron chi connectivity index (χ1n) is 8.76. The lowest BCUT2D eigenvalue weighted by atomic mass is 10.2. The zero-order valence-corrected chi connectivity index (χ0v) is 17.1. The second kappa shape index (κ2) is 7.63. The van der Waals surface area contributed by atoms with Crippen LogP contribution in [0.1, 0.15) is 16.2 Å². The van der Waals surface area contributed by atoms with E-state index >= 15 is 0 Å². The van der Waals surface area contributed by atoms with E-state index in [1.54, 1.807) is 10.9 Å². The summed E-state index contributed by atoms with van der Waals surface area (Å²) in [5, 5.41) is 4.24. The van der Waals surface area contributed by atoms with Crippen molar-refractivity contribution in [3.63, 3.8) is 0 Å². The van der Waals surface area contributed by atoms with Gasteiger partial charge in [-0.25, -0.2) is 14.6 Å². The van der Waals surface area contributed by atoms with E-state index in [9.17, 15) is 4.79 Å². The second-order valence-electron chi connectivity index (χ2n) is 6.37. The molecule has 7 nitrogen and oxygen atoms in total. The number of benzene rings is 1. The van der Waals surface area contributed by atoms with Crippen molar-refractivity contribution in [1.82, 2.24) is 24.6 Å². The lowest BCUT2D eigenvalue weighted by Gasteiger charge is -2.35. The Kier molecular flexibility index (Phi) is 5.06. The molecule has 0 atom stereocenters. The molecule has 0 bridgehead atoms. The Bertz CT molecular complexity index is 951. The van der Waals surface area contributed by atoms with Gasteiger partial charge >= 0.3 is 0 Å². The van der Waals surface area contributed by atoms with E-state index in [2.05, 4.69) is 42.6 Å². The largest absolute Gasteiger partial charge is 0.353 e. The summed E-state index contributed by atoms with van der Waals surface area (Å²) in [5.74, 6) is 2.41. The molecule has 1 amide bonds. The van der Waals surface area contributed by atoms with Crippen LogP contribution in [0.15, 0.2) is 48.8 Å². The van der Waals surface area contributed by atoms with Crippen molar-refractivity contribution >= 4 is 34.3 Å². The lowest BCUT2D eigenvalue weighted by Crippen LogP contribution is -2.49. The number of hydrogen-bond donors (Lipinski definition) is 0. The molecule has 8 heteroatoms. The number of nitrogens with zero attached hydrogens (tertiary/aromatic N) is 6. The molecule has 1 fully saturated rings. The van der Waals surface area contributed by atoms with Crippen LogP contribution in [0.3, 0.4) is 0 Å². The van der Waals surface area contributed by atoms with Crippen LogP contribution in [0.4, 0.5) is 5.82 Å². The highest BCUT2D eigenvalue weighted by Crippen LogP contribution is 2.18. The Morgan fingerprint density at radius 3 is 2.52 bits per heavy atom. The number of carbonyl (C=O) groups excluding carboxylic acids is 1. The summed E-state index contributed by atoms with van der Waals surface area (Å²) in [4.78, 5) is 25.9. The van der Waals surface area contributed by atoms with E-state index in [1.165, 1.54) is 0 Å². The number of piperazine rings is 1. The molecule has 0 saturated carbocycles. The van der Waals surface area contributed by atoms with Crippen molar-refractivity contribution in [3.05, 3.63) is 63.7 Å². The molecule has 138 valence electrons. The molecule has 3 heterocycles. The first-order valence-corrected chi connectivity index (χ1v) is 9.83. The van der Waals surface area contributed by atoms with Crippen LogP contribution in [-0.4, -0.2) is 56.7 Å². The number of aromatic nitrogens is 4. The summed E-state index contributed by atoms with van der Waals surface area (Å²) in [6, 6.07) is 11.5. The highest BCUT2D eigenvalue weighted by Gasteiger charge is 2.23. The maximum Gasteiger partial charge on any atom is 0.254 e. The molecule has 0 unspecified atom stereocenters. The third-order valence-electron chi connectivity index (χ3n) is 4.51. The maximum absolute atomic E-state index is 12.7. The molecule has 0 radical (unpaired) electrons. The quantitative estimate of drug-likeness (QED) is 0.546. The van der Waals surface area contributed by atoms with Crippen LogP contribution >= 0.6 is 22.6 Å². The number of amides is 1. The fourth-order valence-corrected chi connectivity index (χ4v) is 3.71. The van der Waals surface area contributed by atoms with Crippen molar-refractivity contribution < 1.29 is 4.79 Å². The van der Waals surface area contributed by atoms with Gasteiger partial charge in [0.2, 0.25) is 0 Å². The molecule has 1 aliphatic heterocycles. The van der Waals surface area contributed by atoms with Gasteiger partial charge in [0.05, 0.1) is 0 Å². The van der Waals surface area contributed by atoms with E-state index in [0.29, 0.717) is 18.9 Å². The van der Waals surface area contributed by atoms with Crippen molar-refractivity contribution in [1.29, 1.82) is 0 Å². The molecule has 4 rings (SSSR count). The van der Waals surface area contributed by atoms with Gasteiger partial charge in [0.15, 0.2) is 5.82 Å². The van der Waals surface area contributed by atoms with Crippen molar-refractivity contribution in [2.24, 2.45) is 0 Å². The van der Waals surface area contributed by atoms with Crippen LogP contribution in [0.25, 0.3) is 5.82 Å². The Morgan fingerprint density at radius 1 is 1.04 bits per heavy atom. The molecular formula is C19H19IN6O. The molecular weight excluding hydrogens is 455 g/mol. The van der Waals surface area contributed by atoms with E-state index < -0.39 is 0 Å². The van der Waals surface area contributed by atoms with Crippen molar-refractivity contribution in [2.45, 2.75) is 6.92 Å². The Labute approximate surface area is 171 Å². The summed E-state index contributed by atoms with van der Waals surface area (Å²) >= 11 is 2.23. The van der Waals surface area contributed by atoms with Crippen LogP contribution in [0, 0.1) is 10.5 Å². The number of carbonyl (C=O) groups is 1. The van der Waals surface area contributed by atoms with Crippen molar-refractivity contribution in [2.75, 3.05) is 31.1 Å². The fourth-order valence-electron chi connectivity index (χ4n) is 3.16. The lowest BCUT2D eigenvalue weighted by molar-refractivity contribution is 0.0746. The molecule has 2 aromatic heterocycles. The molecule has 0 spiro atoms. The van der Waals surface area contributed by atoms with Crippen molar-refractivity contribution in [3.8, 4) is 5.82 Å². The minimum atomic E-state index is 0.0873. The molecule has 1 aliphatic rings. The number of rotatable bonds is 3. The smallest absolute Gasteiger partial charge is 0.254 e. The Balaban J connectivity index is 1.47. The average molecular weight is 474 g/mol.